The average molecular weight is 276 g/mol. The van der Waals surface area contributed by atoms with E-state index in [-0.39, 0.29) is 0 Å². The summed E-state index contributed by atoms with van der Waals surface area (Å²) in [7, 11) is 0. The number of benzene rings is 2. The van der Waals surface area contributed by atoms with Gasteiger partial charge in [-0.2, -0.15) is 0 Å². The first kappa shape index (κ1) is 12.8. The number of terminal acetylenes is 1. The van der Waals surface area contributed by atoms with Crippen LogP contribution in [0.1, 0.15) is 11.1 Å². The molecule has 0 aliphatic carbocycles. The summed E-state index contributed by atoms with van der Waals surface area (Å²) < 4.78 is 0. The molecule has 2 aromatic carbocycles. The Morgan fingerprint density at radius 3 is 2.72 bits per heavy atom. The smallest absolute Gasteiger partial charge is 0.0456 e. The van der Waals surface area contributed by atoms with Crippen LogP contribution in [0.3, 0.4) is 0 Å². The van der Waals surface area contributed by atoms with Crippen molar-refractivity contribution in [2.24, 2.45) is 0 Å². The Morgan fingerprint density at radius 1 is 1.11 bits per heavy atom. The number of rotatable bonds is 3. The third kappa shape index (κ3) is 3.20. The van der Waals surface area contributed by atoms with Crippen LogP contribution in [-0.4, -0.2) is 0 Å². The van der Waals surface area contributed by atoms with E-state index in [0.29, 0.717) is 16.6 Å². The van der Waals surface area contributed by atoms with Crippen molar-refractivity contribution >= 4 is 28.9 Å². The molecule has 2 rings (SSSR count). The minimum Gasteiger partial charge on any atom is -0.381 e. The molecule has 3 heteroatoms. The third-order valence-electron chi connectivity index (χ3n) is 2.52. The van der Waals surface area contributed by atoms with E-state index in [2.05, 4.69) is 11.2 Å². The maximum absolute atomic E-state index is 6.09. The van der Waals surface area contributed by atoms with Crippen LogP contribution in [0, 0.1) is 12.3 Å². The Labute approximate surface area is 117 Å². The first-order valence-electron chi connectivity index (χ1n) is 5.43. The fourth-order valence-corrected chi connectivity index (χ4v) is 1.97. The third-order valence-corrected chi connectivity index (χ3v) is 3.12. The van der Waals surface area contributed by atoms with Crippen molar-refractivity contribution in [1.29, 1.82) is 0 Å². The Balaban J connectivity index is 2.11. The van der Waals surface area contributed by atoms with Crippen LogP contribution in [0.4, 0.5) is 5.69 Å². The van der Waals surface area contributed by atoms with Crippen molar-refractivity contribution in [3.63, 3.8) is 0 Å². The molecule has 0 amide bonds. The van der Waals surface area contributed by atoms with E-state index in [0.717, 1.165) is 16.8 Å². The molecule has 2 aromatic rings. The number of nitrogens with one attached hydrogen (secondary N) is 1. The molecule has 0 unspecified atom stereocenters. The lowest BCUT2D eigenvalue weighted by molar-refractivity contribution is 1.15. The predicted octanol–water partition coefficient (Wildman–Crippen LogP) is 4.59. The average Bonchev–Trinajstić information content (AvgIpc) is 2.40. The van der Waals surface area contributed by atoms with Crippen LogP contribution in [0.2, 0.25) is 10.0 Å². The lowest BCUT2D eigenvalue weighted by Gasteiger charge is -2.09. The second-order valence-electron chi connectivity index (χ2n) is 3.81. The van der Waals surface area contributed by atoms with Gasteiger partial charge in [0.15, 0.2) is 0 Å². The summed E-state index contributed by atoms with van der Waals surface area (Å²) in [4.78, 5) is 0. The highest BCUT2D eigenvalue weighted by atomic mass is 35.5. The van der Waals surface area contributed by atoms with E-state index in [9.17, 15) is 0 Å². The molecular formula is C15H11Cl2N. The van der Waals surface area contributed by atoms with Gasteiger partial charge in [0.2, 0.25) is 0 Å². The highest BCUT2D eigenvalue weighted by molar-refractivity contribution is 6.33. The monoisotopic (exact) mass is 275 g/mol. The minimum atomic E-state index is 0.605. The van der Waals surface area contributed by atoms with Crippen LogP contribution in [0.5, 0.6) is 0 Å². The molecule has 0 saturated heterocycles. The van der Waals surface area contributed by atoms with Crippen molar-refractivity contribution in [3.8, 4) is 12.3 Å². The highest BCUT2D eigenvalue weighted by Gasteiger charge is 2.01. The molecular weight excluding hydrogens is 265 g/mol. The largest absolute Gasteiger partial charge is 0.381 e. The first-order valence-corrected chi connectivity index (χ1v) is 6.19. The molecule has 0 fully saturated rings. The zero-order valence-corrected chi connectivity index (χ0v) is 11.1. The molecule has 0 aliphatic heterocycles. The molecule has 90 valence electrons. The van der Waals surface area contributed by atoms with Gasteiger partial charge in [-0.3, -0.25) is 0 Å². The van der Waals surface area contributed by atoms with Gasteiger partial charge in [-0.15, -0.1) is 6.42 Å². The van der Waals surface area contributed by atoms with Gasteiger partial charge in [0.1, 0.15) is 0 Å². The van der Waals surface area contributed by atoms with Crippen LogP contribution in [-0.2, 0) is 6.54 Å². The molecule has 0 saturated carbocycles. The number of hydrogen-bond acceptors (Lipinski definition) is 1. The molecule has 0 aliphatic rings. The summed E-state index contributed by atoms with van der Waals surface area (Å²) in [5.41, 5.74) is 2.76. The van der Waals surface area contributed by atoms with Gasteiger partial charge in [0.25, 0.3) is 0 Å². The SMILES string of the molecule is C#Cc1cccc(NCc2cc(Cl)ccc2Cl)c1. The Hall–Kier alpha value is -1.62. The van der Waals surface area contributed by atoms with Crippen molar-refractivity contribution in [1.82, 2.24) is 0 Å². The summed E-state index contributed by atoms with van der Waals surface area (Å²) in [6, 6.07) is 13.1. The maximum atomic E-state index is 6.09. The maximum Gasteiger partial charge on any atom is 0.0456 e. The highest BCUT2D eigenvalue weighted by Crippen LogP contribution is 2.21. The van der Waals surface area contributed by atoms with Crippen LogP contribution in [0.15, 0.2) is 42.5 Å². The first-order chi connectivity index (χ1) is 8.69. The van der Waals surface area contributed by atoms with Gasteiger partial charge < -0.3 is 5.32 Å². The van der Waals surface area contributed by atoms with Gasteiger partial charge in [-0.1, -0.05) is 35.2 Å². The van der Waals surface area contributed by atoms with E-state index in [4.69, 9.17) is 29.6 Å². The molecule has 0 atom stereocenters. The van der Waals surface area contributed by atoms with Crippen molar-refractivity contribution < 1.29 is 0 Å². The van der Waals surface area contributed by atoms with E-state index in [1.165, 1.54) is 0 Å². The zero-order valence-electron chi connectivity index (χ0n) is 9.58. The van der Waals surface area contributed by atoms with Gasteiger partial charge in [0, 0.05) is 27.8 Å². The van der Waals surface area contributed by atoms with E-state index >= 15 is 0 Å². The number of halogens is 2. The predicted molar refractivity (Wildman–Crippen MR) is 78.2 cm³/mol. The lowest BCUT2D eigenvalue weighted by Crippen LogP contribution is -2.00. The minimum absolute atomic E-state index is 0.605. The Morgan fingerprint density at radius 2 is 1.94 bits per heavy atom. The van der Waals surface area contributed by atoms with Gasteiger partial charge in [0.05, 0.1) is 0 Å². The topological polar surface area (TPSA) is 12.0 Å². The fourth-order valence-electron chi connectivity index (χ4n) is 1.60. The Bertz CT molecular complexity index is 600. The van der Waals surface area contributed by atoms with Gasteiger partial charge >= 0.3 is 0 Å². The van der Waals surface area contributed by atoms with E-state index in [1.807, 2.05) is 30.3 Å². The van der Waals surface area contributed by atoms with E-state index in [1.54, 1.807) is 12.1 Å². The number of anilines is 1. The second-order valence-corrected chi connectivity index (χ2v) is 4.66. The van der Waals surface area contributed by atoms with E-state index < -0.39 is 0 Å². The molecule has 18 heavy (non-hydrogen) atoms. The molecule has 0 bridgehead atoms. The summed E-state index contributed by atoms with van der Waals surface area (Å²) in [5, 5.41) is 4.63. The molecule has 1 nitrogen and oxygen atoms in total. The summed E-state index contributed by atoms with van der Waals surface area (Å²) >= 11 is 12.0. The standard InChI is InChI=1S/C15H11Cl2N/c1-2-11-4-3-5-14(8-11)18-10-12-9-13(16)6-7-15(12)17/h1,3-9,18H,10H2. The summed E-state index contributed by atoms with van der Waals surface area (Å²) in [6.45, 7) is 0.605. The zero-order chi connectivity index (χ0) is 13.0. The second kappa shape index (κ2) is 5.82. The van der Waals surface area contributed by atoms with Gasteiger partial charge in [-0.25, -0.2) is 0 Å². The summed E-state index contributed by atoms with van der Waals surface area (Å²) in [6.07, 6.45) is 5.35. The Kier molecular flexibility index (Phi) is 4.15. The van der Waals surface area contributed by atoms with Crippen molar-refractivity contribution in [2.45, 2.75) is 6.54 Å². The van der Waals surface area contributed by atoms with Gasteiger partial charge in [-0.05, 0) is 42.0 Å². The van der Waals surface area contributed by atoms with Crippen LogP contribution >= 0.6 is 23.2 Å². The molecule has 0 aromatic heterocycles. The molecule has 0 heterocycles. The van der Waals surface area contributed by atoms with Crippen LogP contribution < -0.4 is 5.32 Å². The fraction of sp³-hybridized carbons (Fsp3) is 0.0667. The van der Waals surface area contributed by atoms with Crippen LogP contribution in [0.25, 0.3) is 0 Å². The molecule has 0 spiro atoms. The summed E-state index contributed by atoms with van der Waals surface area (Å²) in [5.74, 6) is 2.60. The normalized spacial score (nSPS) is 9.83. The quantitative estimate of drug-likeness (QED) is 0.809. The number of hydrogen-bond donors (Lipinski definition) is 1. The lowest BCUT2D eigenvalue weighted by atomic mass is 10.2. The van der Waals surface area contributed by atoms with Crippen molar-refractivity contribution in [3.05, 3.63) is 63.6 Å². The molecule has 1 N–H and O–H groups in total. The van der Waals surface area contributed by atoms with Crippen molar-refractivity contribution in [2.75, 3.05) is 5.32 Å². The molecule has 0 radical (unpaired) electrons.